The molecule has 3 rings (SSSR count). The van der Waals surface area contributed by atoms with Crippen LogP contribution in [0.2, 0.25) is 0 Å². The monoisotopic (exact) mass is 252 g/mol. The third-order valence-electron chi connectivity index (χ3n) is 5.52. The molecule has 1 aliphatic heterocycles. The first-order chi connectivity index (χ1) is 8.39. The average Bonchev–Trinajstić information content (AvgIpc) is 3.05. The van der Waals surface area contributed by atoms with E-state index in [1.165, 1.54) is 12.8 Å². The molecule has 4 atom stereocenters. The smallest absolute Gasteiger partial charge is 0.241 e. The van der Waals surface area contributed by atoms with Crippen LogP contribution in [0.3, 0.4) is 0 Å². The summed E-state index contributed by atoms with van der Waals surface area (Å²) in [6.07, 6.45) is 3.54. The van der Waals surface area contributed by atoms with Gasteiger partial charge in [-0.2, -0.15) is 0 Å². The summed E-state index contributed by atoms with van der Waals surface area (Å²) >= 11 is 0. The normalized spacial score (nSPS) is 42.9. The molecule has 1 amide bonds. The number of carbonyl (C=O) groups excluding carboxylic acids is 1. The number of hydrogen-bond acceptors (Lipinski definition) is 3. The third-order valence-corrected chi connectivity index (χ3v) is 5.52. The van der Waals surface area contributed by atoms with Gasteiger partial charge in [-0.05, 0) is 32.1 Å². The SMILES string of the molecule is CC(NC(=O)C1(N)C2CCOC2C1(C)C)C1CC1. The van der Waals surface area contributed by atoms with Gasteiger partial charge in [0.1, 0.15) is 5.54 Å². The highest BCUT2D eigenvalue weighted by Gasteiger charge is 2.71. The summed E-state index contributed by atoms with van der Waals surface area (Å²) in [4.78, 5) is 12.6. The summed E-state index contributed by atoms with van der Waals surface area (Å²) in [5.74, 6) is 0.883. The second kappa shape index (κ2) is 3.70. The van der Waals surface area contributed by atoms with E-state index in [1.54, 1.807) is 0 Å². The molecule has 4 heteroatoms. The van der Waals surface area contributed by atoms with Crippen molar-refractivity contribution < 1.29 is 9.53 Å². The molecular weight excluding hydrogens is 228 g/mol. The van der Waals surface area contributed by atoms with Crippen LogP contribution in [0.4, 0.5) is 0 Å². The highest BCUT2D eigenvalue weighted by molar-refractivity contribution is 5.89. The Bertz CT molecular complexity index is 378. The van der Waals surface area contributed by atoms with E-state index in [1.807, 2.05) is 0 Å². The van der Waals surface area contributed by atoms with Gasteiger partial charge in [0.2, 0.25) is 5.91 Å². The van der Waals surface area contributed by atoms with Crippen molar-refractivity contribution in [3.8, 4) is 0 Å². The van der Waals surface area contributed by atoms with Crippen LogP contribution in [-0.2, 0) is 9.53 Å². The Morgan fingerprint density at radius 1 is 1.39 bits per heavy atom. The lowest BCUT2D eigenvalue weighted by Gasteiger charge is -2.60. The van der Waals surface area contributed by atoms with Crippen LogP contribution in [0.25, 0.3) is 0 Å². The largest absolute Gasteiger partial charge is 0.377 e. The summed E-state index contributed by atoms with van der Waals surface area (Å²) in [5.41, 5.74) is 5.47. The highest BCUT2D eigenvalue weighted by atomic mass is 16.5. The Labute approximate surface area is 109 Å². The zero-order valence-corrected chi connectivity index (χ0v) is 11.5. The number of nitrogens with one attached hydrogen (secondary N) is 1. The van der Waals surface area contributed by atoms with E-state index in [9.17, 15) is 4.79 Å². The van der Waals surface area contributed by atoms with Crippen LogP contribution in [0.5, 0.6) is 0 Å². The van der Waals surface area contributed by atoms with Crippen molar-refractivity contribution in [3.05, 3.63) is 0 Å². The standard InChI is InChI=1S/C14H24N2O2/c1-8(9-4-5-9)16-12(17)14(15)10-6-7-18-11(10)13(14,2)3/h8-11H,4-7,15H2,1-3H3,(H,16,17). The summed E-state index contributed by atoms with van der Waals surface area (Å²) in [5, 5.41) is 3.13. The van der Waals surface area contributed by atoms with E-state index in [0.29, 0.717) is 5.92 Å². The van der Waals surface area contributed by atoms with Crippen LogP contribution in [0.15, 0.2) is 0 Å². The second-order valence-corrected chi connectivity index (χ2v) is 6.88. The molecule has 2 saturated carbocycles. The van der Waals surface area contributed by atoms with Crippen molar-refractivity contribution in [2.75, 3.05) is 6.61 Å². The van der Waals surface area contributed by atoms with E-state index in [0.717, 1.165) is 13.0 Å². The van der Waals surface area contributed by atoms with Gasteiger partial charge in [0.25, 0.3) is 0 Å². The number of fused-ring (bicyclic) bond motifs is 1. The van der Waals surface area contributed by atoms with Gasteiger partial charge in [-0.25, -0.2) is 0 Å². The molecular formula is C14H24N2O2. The molecule has 3 N–H and O–H groups in total. The Kier molecular flexibility index (Phi) is 2.55. The van der Waals surface area contributed by atoms with Crippen LogP contribution in [-0.4, -0.2) is 30.2 Å². The molecule has 0 aromatic rings. The minimum absolute atomic E-state index is 0.0265. The molecule has 102 valence electrons. The van der Waals surface area contributed by atoms with Crippen LogP contribution in [0.1, 0.15) is 40.0 Å². The van der Waals surface area contributed by atoms with Crippen molar-refractivity contribution in [2.24, 2.45) is 23.0 Å². The molecule has 0 spiro atoms. The molecule has 3 aliphatic rings. The van der Waals surface area contributed by atoms with Crippen molar-refractivity contribution >= 4 is 5.91 Å². The molecule has 0 radical (unpaired) electrons. The molecule has 0 aromatic heterocycles. The van der Waals surface area contributed by atoms with Crippen molar-refractivity contribution in [1.82, 2.24) is 5.32 Å². The molecule has 1 saturated heterocycles. The van der Waals surface area contributed by atoms with Gasteiger partial charge in [-0.3, -0.25) is 4.79 Å². The van der Waals surface area contributed by atoms with Gasteiger partial charge in [0.05, 0.1) is 6.10 Å². The number of nitrogens with two attached hydrogens (primary N) is 1. The summed E-state index contributed by atoms with van der Waals surface area (Å²) in [7, 11) is 0. The van der Waals surface area contributed by atoms with Crippen molar-refractivity contribution in [1.29, 1.82) is 0 Å². The van der Waals surface area contributed by atoms with Crippen LogP contribution < -0.4 is 11.1 Å². The molecule has 2 aliphatic carbocycles. The van der Waals surface area contributed by atoms with Gasteiger partial charge in [-0.1, -0.05) is 13.8 Å². The minimum Gasteiger partial charge on any atom is -0.377 e. The fourth-order valence-electron chi connectivity index (χ4n) is 3.89. The molecule has 1 heterocycles. The lowest BCUT2D eigenvalue weighted by molar-refractivity contribution is -0.176. The minimum atomic E-state index is -0.753. The van der Waals surface area contributed by atoms with E-state index in [4.69, 9.17) is 10.5 Å². The van der Waals surface area contributed by atoms with Gasteiger partial charge >= 0.3 is 0 Å². The fourth-order valence-corrected chi connectivity index (χ4v) is 3.89. The molecule has 0 aromatic carbocycles. The maximum atomic E-state index is 12.6. The van der Waals surface area contributed by atoms with E-state index >= 15 is 0 Å². The van der Waals surface area contributed by atoms with Gasteiger partial charge in [0, 0.05) is 24.0 Å². The molecule has 18 heavy (non-hydrogen) atoms. The lowest BCUT2D eigenvalue weighted by atomic mass is 9.48. The third kappa shape index (κ3) is 1.42. The summed E-state index contributed by atoms with van der Waals surface area (Å²) in [6.45, 7) is 6.94. The Hall–Kier alpha value is -0.610. The Morgan fingerprint density at radius 3 is 2.67 bits per heavy atom. The Balaban J connectivity index is 1.75. The van der Waals surface area contributed by atoms with Gasteiger partial charge < -0.3 is 15.8 Å². The molecule has 4 unspecified atom stereocenters. The van der Waals surface area contributed by atoms with Gasteiger partial charge in [-0.15, -0.1) is 0 Å². The first-order valence-electron chi connectivity index (χ1n) is 7.10. The van der Waals surface area contributed by atoms with E-state index in [-0.39, 0.29) is 29.4 Å². The predicted octanol–water partition coefficient (Wildman–Crippen LogP) is 1.04. The number of hydrogen-bond donors (Lipinski definition) is 2. The highest BCUT2D eigenvalue weighted by Crippen LogP contribution is 2.58. The van der Waals surface area contributed by atoms with Crippen molar-refractivity contribution in [3.63, 3.8) is 0 Å². The molecule has 3 fully saturated rings. The Morgan fingerprint density at radius 2 is 2.06 bits per heavy atom. The number of carbonyl (C=O) groups is 1. The zero-order valence-electron chi connectivity index (χ0n) is 11.5. The number of rotatable bonds is 3. The first-order valence-corrected chi connectivity index (χ1v) is 7.10. The predicted molar refractivity (Wildman–Crippen MR) is 68.9 cm³/mol. The average molecular weight is 252 g/mol. The summed E-state index contributed by atoms with van der Waals surface area (Å²) in [6, 6.07) is 0.259. The maximum Gasteiger partial charge on any atom is 0.241 e. The first kappa shape index (κ1) is 12.4. The van der Waals surface area contributed by atoms with Gasteiger partial charge in [0.15, 0.2) is 0 Å². The second-order valence-electron chi connectivity index (χ2n) is 6.88. The van der Waals surface area contributed by atoms with Crippen molar-refractivity contribution in [2.45, 2.75) is 57.7 Å². The molecule has 0 bridgehead atoms. The quantitative estimate of drug-likeness (QED) is 0.789. The maximum absolute atomic E-state index is 12.6. The van der Waals surface area contributed by atoms with Crippen LogP contribution in [0, 0.1) is 17.3 Å². The number of ether oxygens (including phenoxy) is 1. The number of amides is 1. The van der Waals surface area contributed by atoms with E-state index in [2.05, 4.69) is 26.1 Å². The molecule has 4 nitrogen and oxygen atoms in total. The topological polar surface area (TPSA) is 64.4 Å². The van der Waals surface area contributed by atoms with E-state index < -0.39 is 5.54 Å². The lowest BCUT2D eigenvalue weighted by Crippen LogP contribution is -2.80. The fraction of sp³-hybridized carbons (Fsp3) is 0.929. The zero-order chi connectivity index (χ0) is 13.1. The summed E-state index contributed by atoms with van der Waals surface area (Å²) < 4.78 is 5.72. The van der Waals surface area contributed by atoms with Crippen LogP contribution >= 0.6 is 0 Å².